The van der Waals surface area contributed by atoms with Crippen molar-refractivity contribution in [1.82, 2.24) is 0 Å². The smallest absolute Gasteiger partial charge is 0.418 e. The average Bonchev–Trinajstić information content (AvgIpc) is 2.56. The number of methoxy groups -OCH3 is 1. The van der Waals surface area contributed by atoms with Crippen LogP contribution in [0.25, 0.3) is 0 Å². The van der Waals surface area contributed by atoms with E-state index in [2.05, 4.69) is 5.32 Å². The number of thioether (sulfide) groups is 1. The van der Waals surface area contributed by atoms with Crippen molar-refractivity contribution in [2.24, 2.45) is 0 Å². The first-order valence-electron chi connectivity index (χ1n) is 7.17. The molecule has 2 aromatic carbocycles. The summed E-state index contributed by atoms with van der Waals surface area (Å²) in [5, 5.41) is 2.25. The maximum Gasteiger partial charge on any atom is 0.418 e. The summed E-state index contributed by atoms with van der Waals surface area (Å²) in [5.41, 5.74) is -0.276. The normalized spacial score (nSPS) is 11.2. The summed E-state index contributed by atoms with van der Waals surface area (Å²) >= 11 is 6.91. The van der Waals surface area contributed by atoms with E-state index in [1.54, 1.807) is 19.2 Å². The molecule has 1 N–H and O–H groups in total. The second-order valence-corrected chi connectivity index (χ2v) is 6.50. The van der Waals surface area contributed by atoms with Crippen molar-refractivity contribution in [3.8, 4) is 5.75 Å². The average molecular weight is 390 g/mol. The van der Waals surface area contributed by atoms with Gasteiger partial charge in [0.25, 0.3) is 0 Å². The molecule has 0 bridgehead atoms. The predicted octanol–water partition coefficient (Wildman–Crippen LogP) is 5.24. The van der Waals surface area contributed by atoms with Crippen LogP contribution >= 0.6 is 23.4 Å². The fraction of sp³-hybridized carbons (Fsp3) is 0.235. The number of rotatable bonds is 6. The number of nitrogens with one attached hydrogen (secondary N) is 1. The Bertz CT molecular complexity index is 736. The predicted molar refractivity (Wildman–Crippen MR) is 94.2 cm³/mol. The molecule has 8 heteroatoms. The lowest BCUT2D eigenvalue weighted by Gasteiger charge is -2.14. The van der Waals surface area contributed by atoms with Gasteiger partial charge in [-0.2, -0.15) is 13.2 Å². The fourth-order valence-corrected chi connectivity index (χ4v) is 2.99. The summed E-state index contributed by atoms with van der Waals surface area (Å²) in [7, 11) is 1.57. The number of halogens is 4. The van der Waals surface area contributed by atoms with Crippen LogP contribution < -0.4 is 10.1 Å². The zero-order valence-corrected chi connectivity index (χ0v) is 14.8. The number of carbonyl (C=O) groups is 1. The largest absolute Gasteiger partial charge is 0.497 e. The van der Waals surface area contributed by atoms with Crippen molar-refractivity contribution >= 4 is 35.0 Å². The van der Waals surface area contributed by atoms with Gasteiger partial charge in [-0.1, -0.05) is 23.7 Å². The van der Waals surface area contributed by atoms with Gasteiger partial charge in [-0.15, -0.1) is 11.8 Å². The van der Waals surface area contributed by atoms with Crippen molar-refractivity contribution in [3.63, 3.8) is 0 Å². The summed E-state index contributed by atoms with van der Waals surface area (Å²) in [4.78, 5) is 11.9. The van der Waals surface area contributed by atoms with E-state index in [1.165, 1.54) is 17.8 Å². The van der Waals surface area contributed by atoms with Gasteiger partial charge >= 0.3 is 6.18 Å². The van der Waals surface area contributed by atoms with Gasteiger partial charge in [0.15, 0.2) is 0 Å². The SMILES string of the molecule is COc1ccc(CSCC(=O)Nc2ccc(Cl)cc2C(F)(F)F)cc1. The van der Waals surface area contributed by atoms with Crippen LogP contribution in [0.3, 0.4) is 0 Å². The van der Waals surface area contributed by atoms with Gasteiger partial charge in [0.2, 0.25) is 5.91 Å². The monoisotopic (exact) mass is 389 g/mol. The summed E-state index contributed by atoms with van der Waals surface area (Å²) in [6, 6.07) is 10.6. The highest BCUT2D eigenvalue weighted by Gasteiger charge is 2.34. The Morgan fingerprint density at radius 2 is 1.88 bits per heavy atom. The van der Waals surface area contributed by atoms with E-state index in [0.29, 0.717) is 5.75 Å². The van der Waals surface area contributed by atoms with Crippen molar-refractivity contribution < 1.29 is 22.7 Å². The number of hydrogen-bond donors (Lipinski definition) is 1. The van der Waals surface area contributed by atoms with E-state index in [9.17, 15) is 18.0 Å². The molecule has 25 heavy (non-hydrogen) atoms. The second-order valence-electron chi connectivity index (χ2n) is 5.08. The van der Waals surface area contributed by atoms with E-state index in [0.717, 1.165) is 23.4 Å². The van der Waals surface area contributed by atoms with E-state index in [-0.39, 0.29) is 16.5 Å². The molecule has 0 saturated heterocycles. The van der Waals surface area contributed by atoms with Crippen LogP contribution in [0.4, 0.5) is 18.9 Å². The highest BCUT2D eigenvalue weighted by molar-refractivity contribution is 7.99. The van der Waals surface area contributed by atoms with Crippen LogP contribution in [0.15, 0.2) is 42.5 Å². The molecule has 0 saturated carbocycles. The molecule has 0 spiro atoms. The van der Waals surface area contributed by atoms with Crippen molar-refractivity contribution in [2.45, 2.75) is 11.9 Å². The number of anilines is 1. The Kier molecular flexibility index (Phi) is 6.61. The first-order valence-corrected chi connectivity index (χ1v) is 8.70. The topological polar surface area (TPSA) is 38.3 Å². The van der Waals surface area contributed by atoms with Gasteiger partial charge in [-0.25, -0.2) is 0 Å². The van der Waals surface area contributed by atoms with Gasteiger partial charge in [0, 0.05) is 10.8 Å². The maximum atomic E-state index is 13.0. The number of carbonyl (C=O) groups excluding carboxylic acids is 1. The summed E-state index contributed by atoms with van der Waals surface area (Å²) in [6.07, 6.45) is -4.59. The molecule has 0 aromatic heterocycles. The van der Waals surface area contributed by atoms with E-state index in [1.807, 2.05) is 12.1 Å². The molecule has 0 heterocycles. The first-order chi connectivity index (χ1) is 11.8. The van der Waals surface area contributed by atoms with Crippen molar-refractivity contribution in [2.75, 3.05) is 18.2 Å². The number of ether oxygens (including phenoxy) is 1. The molecule has 0 atom stereocenters. The van der Waals surface area contributed by atoms with Crippen LogP contribution in [0.2, 0.25) is 5.02 Å². The Hall–Kier alpha value is -1.86. The molecule has 134 valence electrons. The summed E-state index contributed by atoms with van der Waals surface area (Å²) in [5.74, 6) is 0.816. The van der Waals surface area contributed by atoms with E-state index in [4.69, 9.17) is 16.3 Å². The molecule has 0 radical (unpaired) electrons. The molecule has 2 aromatic rings. The third-order valence-corrected chi connectivity index (χ3v) is 4.46. The number of amides is 1. The Morgan fingerprint density at radius 3 is 2.48 bits per heavy atom. The van der Waals surface area contributed by atoms with Crippen LogP contribution in [0.5, 0.6) is 5.75 Å². The molecular formula is C17H15ClF3NO2S. The molecule has 0 fully saturated rings. The summed E-state index contributed by atoms with van der Waals surface area (Å²) < 4.78 is 44.0. The standard InChI is InChI=1S/C17H15ClF3NO2S/c1-24-13-5-2-11(3-6-13)9-25-10-16(23)22-15-7-4-12(18)8-14(15)17(19,20)21/h2-8H,9-10H2,1H3,(H,22,23). The minimum atomic E-state index is -4.59. The van der Waals surface area contributed by atoms with Crippen molar-refractivity contribution in [3.05, 3.63) is 58.6 Å². The first kappa shape index (κ1) is 19.5. The van der Waals surface area contributed by atoms with Gasteiger partial charge in [-0.3, -0.25) is 4.79 Å². The number of benzene rings is 2. The second kappa shape index (κ2) is 8.49. The molecule has 1 amide bonds. The molecule has 3 nitrogen and oxygen atoms in total. The zero-order valence-electron chi connectivity index (χ0n) is 13.2. The van der Waals surface area contributed by atoms with Gasteiger partial charge in [0.05, 0.1) is 24.1 Å². The Morgan fingerprint density at radius 1 is 1.20 bits per heavy atom. The minimum Gasteiger partial charge on any atom is -0.497 e. The molecule has 0 aliphatic heterocycles. The molecule has 0 aliphatic rings. The molecule has 2 rings (SSSR count). The highest BCUT2D eigenvalue weighted by Crippen LogP contribution is 2.36. The fourth-order valence-electron chi connectivity index (χ4n) is 2.03. The number of hydrogen-bond acceptors (Lipinski definition) is 3. The zero-order chi connectivity index (χ0) is 18.4. The Labute approximate surface area is 152 Å². The van der Waals surface area contributed by atoms with Crippen LogP contribution in [-0.2, 0) is 16.7 Å². The van der Waals surface area contributed by atoms with Crippen molar-refractivity contribution in [1.29, 1.82) is 0 Å². The van der Waals surface area contributed by atoms with Gasteiger partial charge in [0.1, 0.15) is 5.75 Å². The quantitative estimate of drug-likeness (QED) is 0.734. The summed E-state index contributed by atoms with van der Waals surface area (Å²) in [6.45, 7) is 0. The lowest BCUT2D eigenvalue weighted by atomic mass is 10.1. The minimum absolute atomic E-state index is 0.0337. The van der Waals surface area contributed by atoms with Crippen LogP contribution in [0.1, 0.15) is 11.1 Å². The molecular weight excluding hydrogens is 375 g/mol. The number of alkyl halides is 3. The lowest BCUT2D eigenvalue weighted by molar-refractivity contribution is -0.137. The highest BCUT2D eigenvalue weighted by atomic mass is 35.5. The Balaban J connectivity index is 1.92. The van der Waals surface area contributed by atoms with Crippen LogP contribution in [0, 0.1) is 0 Å². The van der Waals surface area contributed by atoms with Gasteiger partial charge < -0.3 is 10.1 Å². The van der Waals surface area contributed by atoms with Crippen LogP contribution in [-0.4, -0.2) is 18.8 Å². The van der Waals surface area contributed by atoms with E-state index < -0.39 is 17.6 Å². The molecule has 0 aliphatic carbocycles. The maximum absolute atomic E-state index is 13.0. The molecule has 0 unspecified atom stereocenters. The van der Waals surface area contributed by atoms with E-state index >= 15 is 0 Å². The third kappa shape index (κ3) is 5.86. The van der Waals surface area contributed by atoms with Gasteiger partial charge in [-0.05, 0) is 35.9 Å². The third-order valence-electron chi connectivity index (χ3n) is 3.22. The lowest BCUT2D eigenvalue weighted by Crippen LogP contribution is -2.18.